The molecule has 1 aromatic carbocycles. The molecule has 0 bridgehead atoms. The minimum Gasteiger partial charge on any atom is -1.00 e. The third-order valence-corrected chi connectivity index (χ3v) is 11.0. The van der Waals surface area contributed by atoms with Crippen molar-refractivity contribution < 1.29 is 21.7 Å². The van der Waals surface area contributed by atoms with E-state index in [1.165, 1.54) is 31.1 Å². The molecule has 3 heterocycles. The van der Waals surface area contributed by atoms with Crippen LogP contribution in [-0.2, 0) is 6.54 Å². The molecule has 2 aliphatic rings. The average molecular weight is 575 g/mol. The molecule has 0 radical (unpaired) electrons. The second kappa shape index (κ2) is 10.1. The third-order valence-electron chi connectivity index (χ3n) is 5.02. The number of nitrogens with zero attached hydrogens (tertiary/aromatic N) is 2. The smallest absolute Gasteiger partial charge is 1.00 e. The number of hydrogen-bond acceptors (Lipinski definition) is 4. The Morgan fingerprint density at radius 3 is 2.83 bits per heavy atom. The Morgan fingerprint density at radius 2 is 2.13 bits per heavy atom. The molecule has 160 valence electrons. The van der Waals surface area contributed by atoms with Gasteiger partial charge < -0.3 is 12.4 Å². The van der Waals surface area contributed by atoms with Crippen LogP contribution in [0.4, 0.5) is 5.69 Å². The van der Waals surface area contributed by atoms with Gasteiger partial charge in [0.15, 0.2) is 0 Å². The number of thioether (sulfide) groups is 1. The largest absolute Gasteiger partial charge is 1.00 e. The van der Waals surface area contributed by atoms with Gasteiger partial charge in [0.2, 0.25) is 0 Å². The normalized spacial score (nSPS) is 19.0. The zero-order chi connectivity index (χ0) is 20.5. The zero-order valence-electron chi connectivity index (χ0n) is 17.9. The van der Waals surface area contributed by atoms with Gasteiger partial charge in [0, 0.05) is 0 Å². The van der Waals surface area contributed by atoms with Gasteiger partial charge in [-0.3, -0.25) is 0 Å². The van der Waals surface area contributed by atoms with E-state index in [2.05, 4.69) is 73.6 Å². The van der Waals surface area contributed by atoms with Gasteiger partial charge in [-0.05, 0) is 0 Å². The summed E-state index contributed by atoms with van der Waals surface area (Å²) in [5.74, 6) is 0.913. The van der Waals surface area contributed by atoms with Gasteiger partial charge in [0.1, 0.15) is 0 Å². The molecule has 0 saturated heterocycles. The van der Waals surface area contributed by atoms with Crippen molar-refractivity contribution in [1.82, 2.24) is 0 Å². The molecule has 2 aromatic rings. The van der Waals surface area contributed by atoms with Crippen LogP contribution in [0.1, 0.15) is 37.6 Å². The molecule has 1 aromatic heterocycles. The summed E-state index contributed by atoms with van der Waals surface area (Å²) in [6.45, 7) is 11.0. The summed E-state index contributed by atoms with van der Waals surface area (Å²) < 4.78 is 10.3. The SMILES string of the molecule is CCN1C(=CC(C)=Cc2sc3c([n+]2CC)[Te]C(C)C=C3)Sc2ccc(OC)cc21.[Cl-]. The topological polar surface area (TPSA) is 16.4 Å². The minimum atomic E-state index is -0.141. The number of halogens is 1. The average Bonchev–Trinajstić information content (AvgIpc) is 3.23. The van der Waals surface area contributed by atoms with Gasteiger partial charge in [0.05, 0.1) is 7.11 Å². The number of rotatable bonds is 5. The molecule has 0 aliphatic carbocycles. The summed E-state index contributed by atoms with van der Waals surface area (Å²) in [4.78, 5) is 5.15. The van der Waals surface area contributed by atoms with Crippen LogP contribution in [0, 0.1) is 0 Å². The Bertz CT molecular complexity index is 1030. The van der Waals surface area contributed by atoms with Crippen molar-refractivity contribution in [3.05, 3.63) is 50.8 Å². The van der Waals surface area contributed by atoms with E-state index >= 15 is 0 Å². The van der Waals surface area contributed by atoms with Crippen LogP contribution in [0.15, 0.2) is 45.8 Å². The minimum absolute atomic E-state index is 0. The van der Waals surface area contributed by atoms with Gasteiger partial charge in [-0.15, -0.1) is 0 Å². The maximum Gasteiger partial charge on any atom is -1.00 e. The van der Waals surface area contributed by atoms with E-state index in [4.69, 9.17) is 4.74 Å². The molecule has 30 heavy (non-hydrogen) atoms. The fourth-order valence-corrected chi connectivity index (χ4v) is 9.80. The molecule has 1 atom stereocenters. The first-order valence-corrected chi connectivity index (χ1v) is 14.1. The predicted octanol–water partition coefficient (Wildman–Crippen LogP) is 2.11. The number of aromatic nitrogens is 1. The third kappa shape index (κ3) is 4.64. The van der Waals surface area contributed by atoms with E-state index in [1.807, 2.05) is 29.2 Å². The maximum absolute atomic E-state index is 5.43. The van der Waals surface area contributed by atoms with Crippen molar-refractivity contribution in [2.45, 2.75) is 43.1 Å². The monoisotopic (exact) mass is 576 g/mol. The Kier molecular flexibility index (Phi) is 8.03. The molecule has 0 saturated carbocycles. The number of fused-ring (bicyclic) bond motifs is 2. The van der Waals surface area contributed by atoms with Crippen LogP contribution in [-0.4, -0.2) is 34.6 Å². The Hall–Kier alpha value is -0.900. The van der Waals surface area contributed by atoms with Crippen molar-refractivity contribution in [1.29, 1.82) is 0 Å². The van der Waals surface area contributed by atoms with Crippen molar-refractivity contribution in [2.24, 2.45) is 0 Å². The second-order valence-electron chi connectivity index (χ2n) is 7.09. The number of allylic oxidation sites excluding steroid dienone is 3. The molecule has 0 fully saturated rings. The van der Waals surface area contributed by atoms with Crippen LogP contribution in [0.3, 0.4) is 0 Å². The van der Waals surface area contributed by atoms with Crippen LogP contribution in [0.5, 0.6) is 5.75 Å². The van der Waals surface area contributed by atoms with Crippen molar-refractivity contribution >= 4 is 65.6 Å². The van der Waals surface area contributed by atoms with Gasteiger partial charge in [-0.2, -0.15) is 0 Å². The van der Waals surface area contributed by atoms with Gasteiger partial charge in [0.25, 0.3) is 0 Å². The first-order chi connectivity index (χ1) is 14.0. The Balaban J connectivity index is 0.00000256. The summed E-state index contributed by atoms with van der Waals surface area (Å²) in [6, 6.07) is 6.35. The van der Waals surface area contributed by atoms with Gasteiger partial charge in [-0.25, -0.2) is 0 Å². The van der Waals surface area contributed by atoms with Gasteiger partial charge >= 0.3 is 186 Å². The Morgan fingerprint density at radius 1 is 1.33 bits per heavy atom. The van der Waals surface area contributed by atoms with Crippen LogP contribution in [0.2, 0.25) is 3.97 Å². The number of thiazole rings is 1. The van der Waals surface area contributed by atoms with Crippen molar-refractivity contribution in [3.8, 4) is 5.75 Å². The van der Waals surface area contributed by atoms with E-state index < -0.39 is 0 Å². The molecule has 4 rings (SSSR count). The molecule has 2 aliphatic heterocycles. The summed E-state index contributed by atoms with van der Waals surface area (Å²) >= 11 is 3.65. The van der Waals surface area contributed by atoms with E-state index in [-0.39, 0.29) is 33.3 Å². The Labute approximate surface area is 204 Å². The molecule has 0 N–H and O–H groups in total. The van der Waals surface area contributed by atoms with Crippen molar-refractivity contribution in [3.63, 3.8) is 0 Å². The molecule has 0 amide bonds. The van der Waals surface area contributed by atoms with Crippen LogP contribution >= 0.6 is 23.1 Å². The van der Waals surface area contributed by atoms with E-state index in [1.54, 1.807) is 10.9 Å². The quantitative estimate of drug-likeness (QED) is 0.402. The number of anilines is 1. The fourth-order valence-electron chi connectivity index (χ4n) is 3.59. The standard InChI is InChI=1S/C23H27N2OS2Te.ClH/c1-6-24-18-14-17(26-5)9-11-19(18)27-21(24)12-15(3)13-22-25(7-2)23-20(28-22)10-8-16(4)29-23;/h8-14,16H,6-7H2,1-5H3;1H/q+1;/p-1. The maximum atomic E-state index is 5.43. The summed E-state index contributed by atoms with van der Waals surface area (Å²) in [5.41, 5.74) is 2.54. The van der Waals surface area contributed by atoms with Crippen LogP contribution < -0.4 is 30.4 Å². The molecular weight excluding hydrogens is 547 g/mol. The zero-order valence-corrected chi connectivity index (χ0v) is 22.7. The molecular formula is C23H27ClN2OS2Te. The van der Waals surface area contributed by atoms with E-state index in [0.717, 1.165) is 22.8 Å². The number of benzene rings is 1. The fraction of sp³-hybridized carbons (Fsp3) is 0.348. The first-order valence-electron chi connectivity index (χ1n) is 9.99. The molecule has 0 spiro atoms. The van der Waals surface area contributed by atoms with Gasteiger partial charge in [-0.1, -0.05) is 0 Å². The summed E-state index contributed by atoms with van der Waals surface area (Å²) in [5, 5.41) is 2.66. The predicted molar refractivity (Wildman–Crippen MR) is 128 cm³/mol. The first kappa shape index (κ1) is 23.8. The van der Waals surface area contributed by atoms with Crippen molar-refractivity contribution in [2.75, 3.05) is 18.6 Å². The van der Waals surface area contributed by atoms with Crippen LogP contribution in [0.25, 0.3) is 12.2 Å². The number of hydrogen-bond donors (Lipinski definition) is 0. The molecule has 7 heteroatoms. The number of methoxy groups -OCH3 is 1. The van der Waals surface area contributed by atoms with E-state index in [9.17, 15) is 0 Å². The number of ether oxygens (including phenoxy) is 1. The molecule has 1 unspecified atom stereocenters. The summed E-state index contributed by atoms with van der Waals surface area (Å²) in [7, 11) is 1.73. The van der Waals surface area contributed by atoms with E-state index in [0.29, 0.717) is 0 Å². The molecule has 3 nitrogen and oxygen atoms in total. The second-order valence-corrected chi connectivity index (χ2v) is 13.1. The summed E-state index contributed by atoms with van der Waals surface area (Å²) in [6.07, 6.45) is 9.42.